The van der Waals surface area contributed by atoms with Gasteiger partial charge in [-0.15, -0.1) is 0 Å². The highest BCUT2D eigenvalue weighted by Gasteiger charge is 2.03. The Bertz CT molecular complexity index is 555. The number of benzene rings is 2. The normalized spacial score (nSPS) is 10.9. The Hall–Kier alpha value is -1.16. The van der Waals surface area contributed by atoms with Crippen LogP contribution >= 0.6 is 23.4 Å². The van der Waals surface area contributed by atoms with Crippen LogP contribution in [0.3, 0.4) is 0 Å². The van der Waals surface area contributed by atoms with Gasteiger partial charge in [0.15, 0.2) is 0 Å². The van der Waals surface area contributed by atoms with Crippen molar-refractivity contribution in [2.24, 2.45) is 0 Å². The van der Waals surface area contributed by atoms with E-state index in [9.17, 15) is 0 Å². The van der Waals surface area contributed by atoms with Crippen molar-refractivity contribution in [3.05, 3.63) is 53.6 Å². The van der Waals surface area contributed by atoms with Crippen molar-refractivity contribution in [2.75, 3.05) is 32.5 Å². The van der Waals surface area contributed by atoms with Gasteiger partial charge in [-0.3, -0.25) is 0 Å². The molecule has 4 heteroatoms. The summed E-state index contributed by atoms with van der Waals surface area (Å²) in [6.45, 7) is 2.08. The number of rotatable bonds is 7. The van der Waals surface area contributed by atoms with Gasteiger partial charge in [-0.2, -0.15) is 0 Å². The summed E-state index contributed by atoms with van der Waals surface area (Å²) in [4.78, 5) is 4.64. The summed E-state index contributed by atoms with van der Waals surface area (Å²) < 4.78 is 0. The molecule has 0 fully saturated rings. The molecule has 21 heavy (non-hydrogen) atoms. The van der Waals surface area contributed by atoms with Gasteiger partial charge in [0.25, 0.3) is 0 Å². The van der Waals surface area contributed by atoms with Crippen molar-refractivity contribution < 1.29 is 0 Å². The molecular weight excluding hydrogens is 300 g/mol. The summed E-state index contributed by atoms with van der Waals surface area (Å²) in [5.41, 5.74) is 1.19. The van der Waals surface area contributed by atoms with Crippen LogP contribution in [0, 0.1) is 0 Å². The van der Waals surface area contributed by atoms with Gasteiger partial charge in [-0.25, -0.2) is 0 Å². The first-order chi connectivity index (χ1) is 10.1. The van der Waals surface area contributed by atoms with Crippen LogP contribution in [0.1, 0.15) is 6.42 Å². The summed E-state index contributed by atoms with van der Waals surface area (Å²) in [5, 5.41) is 4.30. The highest BCUT2D eigenvalue weighted by atomic mass is 35.5. The molecule has 0 bridgehead atoms. The first-order valence-corrected chi connectivity index (χ1v) is 8.25. The molecule has 2 rings (SSSR count). The minimum absolute atomic E-state index is 0.773. The molecule has 2 aromatic rings. The molecule has 0 heterocycles. The van der Waals surface area contributed by atoms with Crippen LogP contribution in [0.4, 0.5) is 5.69 Å². The minimum Gasteiger partial charge on any atom is -0.384 e. The fourth-order valence-electron chi connectivity index (χ4n) is 1.95. The Labute approximate surface area is 136 Å². The number of para-hydroxylation sites is 1. The predicted molar refractivity (Wildman–Crippen MR) is 93.7 cm³/mol. The summed E-state index contributed by atoms with van der Waals surface area (Å²) in [6, 6.07) is 16.4. The van der Waals surface area contributed by atoms with E-state index >= 15 is 0 Å². The van der Waals surface area contributed by atoms with Crippen LogP contribution in [0.25, 0.3) is 0 Å². The van der Waals surface area contributed by atoms with E-state index in [0.717, 1.165) is 24.5 Å². The van der Waals surface area contributed by atoms with Crippen LogP contribution < -0.4 is 5.32 Å². The van der Waals surface area contributed by atoms with Gasteiger partial charge in [0.1, 0.15) is 0 Å². The van der Waals surface area contributed by atoms with E-state index in [4.69, 9.17) is 11.6 Å². The van der Waals surface area contributed by atoms with Crippen LogP contribution in [-0.2, 0) is 0 Å². The zero-order valence-corrected chi connectivity index (χ0v) is 14.0. The number of halogens is 1. The van der Waals surface area contributed by atoms with Crippen LogP contribution in [-0.4, -0.2) is 32.1 Å². The minimum atomic E-state index is 0.773. The largest absolute Gasteiger partial charge is 0.384 e. The maximum atomic E-state index is 5.93. The summed E-state index contributed by atoms with van der Waals surface area (Å²) >= 11 is 7.69. The quantitative estimate of drug-likeness (QED) is 0.734. The molecule has 2 aromatic carbocycles. The van der Waals surface area contributed by atoms with Crippen LogP contribution in [0.15, 0.2) is 58.3 Å². The molecular formula is C17H21ClN2S. The van der Waals surface area contributed by atoms with E-state index in [2.05, 4.69) is 60.7 Å². The van der Waals surface area contributed by atoms with Crippen molar-refractivity contribution in [3.8, 4) is 0 Å². The average Bonchev–Trinajstić information content (AvgIpc) is 2.47. The molecule has 112 valence electrons. The van der Waals surface area contributed by atoms with Crippen molar-refractivity contribution >= 4 is 29.1 Å². The van der Waals surface area contributed by atoms with E-state index in [1.54, 1.807) is 11.8 Å². The van der Waals surface area contributed by atoms with E-state index in [-0.39, 0.29) is 0 Å². The molecule has 0 spiro atoms. The number of nitrogens with zero attached hydrogens (tertiary/aromatic N) is 1. The number of hydrogen-bond acceptors (Lipinski definition) is 3. The SMILES string of the molecule is CN(C)CCCNc1ccccc1Sc1ccc(Cl)cc1. The topological polar surface area (TPSA) is 15.3 Å². The van der Waals surface area contributed by atoms with Gasteiger partial charge < -0.3 is 10.2 Å². The van der Waals surface area contributed by atoms with E-state index in [0.29, 0.717) is 0 Å². The van der Waals surface area contributed by atoms with Gasteiger partial charge in [-0.05, 0) is 63.5 Å². The molecule has 0 radical (unpaired) electrons. The molecule has 0 atom stereocenters. The summed E-state index contributed by atoms with van der Waals surface area (Å²) in [7, 11) is 4.20. The maximum absolute atomic E-state index is 5.93. The zero-order valence-electron chi connectivity index (χ0n) is 12.5. The third-order valence-electron chi connectivity index (χ3n) is 3.03. The molecule has 0 saturated heterocycles. The van der Waals surface area contributed by atoms with Crippen molar-refractivity contribution in [1.29, 1.82) is 0 Å². The molecule has 1 N–H and O–H groups in total. The molecule has 0 aliphatic carbocycles. The Balaban J connectivity index is 1.97. The maximum Gasteiger partial charge on any atom is 0.0482 e. The number of nitrogens with one attached hydrogen (secondary N) is 1. The Morgan fingerprint density at radius 3 is 2.48 bits per heavy atom. The molecule has 0 aromatic heterocycles. The fourth-order valence-corrected chi connectivity index (χ4v) is 3.00. The van der Waals surface area contributed by atoms with E-state index in [1.807, 2.05) is 12.1 Å². The van der Waals surface area contributed by atoms with Gasteiger partial charge in [0, 0.05) is 27.0 Å². The zero-order chi connectivity index (χ0) is 15.1. The van der Waals surface area contributed by atoms with Gasteiger partial charge in [0.2, 0.25) is 0 Å². The van der Waals surface area contributed by atoms with Crippen LogP contribution in [0.2, 0.25) is 5.02 Å². The molecule has 0 unspecified atom stereocenters. The number of hydrogen-bond donors (Lipinski definition) is 1. The lowest BCUT2D eigenvalue weighted by molar-refractivity contribution is 0.405. The molecule has 0 amide bonds. The second-order valence-electron chi connectivity index (χ2n) is 5.14. The lowest BCUT2D eigenvalue weighted by atomic mass is 10.3. The van der Waals surface area contributed by atoms with Crippen molar-refractivity contribution in [1.82, 2.24) is 4.90 Å². The van der Waals surface area contributed by atoms with Gasteiger partial charge in [0.05, 0.1) is 0 Å². The third kappa shape index (κ3) is 5.62. The Kier molecular flexibility index (Phi) is 6.43. The smallest absolute Gasteiger partial charge is 0.0482 e. The highest BCUT2D eigenvalue weighted by Crippen LogP contribution is 2.33. The summed E-state index contributed by atoms with van der Waals surface area (Å²) in [6.07, 6.45) is 1.13. The lowest BCUT2D eigenvalue weighted by Crippen LogP contribution is -2.16. The van der Waals surface area contributed by atoms with Gasteiger partial charge >= 0.3 is 0 Å². The number of anilines is 1. The van der Waals surface area contributed by atoms with Crippen molar-refractivity contribution in [3.63, 3.8) is 0 Å². The van der Waals surface area contributed by atoms with E-state index < -0.39 is 0 Å². The molecule has 0 aliphatic heterocycles. The second kappa shape index (κ2) is 8.32. The van der Waals surface area contributed by atoms with Crippen molar-refractivity contribution in [2.45, 2.75) is 16.2 Å². The Morgan fingerprint density at radius 1 is 1.05 bits per heavy atom. The average molecular weight is 321 g/mol. The predicted octanol–water partition coefficient (Wildman–Crippen LogP) is 4.85. The molecule has 2 nitrogen and oxygen atoms in total. The second-order valence-corrected chi connectivity index (χ2v) is 6.69. The fraction of sp³-hybridized carbons (Fsp3) is 0.294. The lowest BCUT2D eigenvalue weighted by Gasteiger charge is -2.13. The van der Waals surface area contributed by atoms with Crippen LogP contribution in [0.5, 0.6) is 0 Å². The molecule has 0 saturated carbocycles. The molecule has 0 aliphatic rings. The van der Waals surface area contributed by atoms with Gasteiger partial charge in [-0.1, -0.05) is 35.5 Å². The third-order valence-corrected chi connectivity index (χ3v) is 4.36. The summed E-state index contributed by atoms with van der Waals surface area (Å²) in [5.74, 6) is 0. The Morgan fingerprint density at radius 2 is 1.76 bits per heavy atom. The first-order valence-electron chi connectivity index (χ1n) is 7.06. The highest BCUT2D eigenvalue weighted by molar-refractivity contribution is 7.99. The first kappa shape index (κ1) is 16.2. The monoisotopic (exact) mass is 320 g/mol. The van der Waals surface area contributed by atoms with E-state index in [1.165, 1.54) is 15.5 Å². The standard InChI is InChI=1S/C17H21ClN2S/c1-20(2)13-5-12-19-16-6-3-4-7-17(16)21-15-10-8-14(18)9-11-15/h3-4,6-11,19H,5,12-13H2,1-2H3.